The van der Waals surface area contributed by atoms with Gasteiger partial charge in [-0.1, -0.05) is 124 Å². The first-order valence-corrected chi connectivity index (χ1v) is 12.4. The zero-order chi connectivity index (χ0) is 20.7. The molecule has 0 aliphatic carbocycles. The molecular weight excluding hydrogens is 324 g/mol. The van der Waals surface area contributed by atoms with Crippen LogP contribution in [0.2, 0.25) is 0 Å². The third-order valence-corrected chi connectivity index (χ3v) is 7.27. The average molecular weight is 379 g/mol. The SMILES string of the molecule is CCC(CC)(CC)C/C=C(\C)CCCC(C)CCCC(C)CCCC(C)C. The third kappa shape index (κ3) is 13.5. The maximum Gasteiger partial charge on any atom is -0.0271 e. The fourth-order valence-electron chi connectivity index (χ4n) is 4.38. The molecule has 0 fully saturated rings. The van der Waals surface area contributed by atoms with Crippen LogP contribution in [0.3, 0.4) is 0 Å². The molecular formula is C27H54. The summed E-state index contributed by atoms with van der Waals surface area (Å²) in [4.78, 5) is 0. The van der Waals surface area contributed by atoms with Crippen LogP contribution in [0.15, 0.2) is 11.6 Å². The highest BCUT2D eigenvalue weighted by Gasteiger charge is 2.22. The molecule has 27 heavy (non-hydrogen) atoms. The first kappa shape index (κ1) is 26.7. The fourth-order valence-corrected chi connectivity index (χ4v) is 4.38. The minimum absolute atomic E-state index is 0.556. The van der Waals surface area contributed by atoms with E-state index in [0.29, 0.717) is 5.41 Å². The van der Waals surface area contributed by atoms with Gasteiger partial charge >= 0.3 is 0 Å². The molecule has 0 aromatic rings. The second kappa shape index (κ2) is 15.6. The molecule has 0 rings (SSSR count). The quantitative estimate of drug-likeness (QED) is 0.221. The number of rotatable bonds is 17. The summed E-state index contributed by atoms with van der Waals surface area (Å²) < 4.78 is 0. The van der Waals surface area contributed by atoms with Crippen molar-refractivity contribution < 1.29 is 0 Å². The number of hydrogen-bond donors (Lipinski definition) is 0. The van der Waals surface area contributed by atoms with Gasteiger partial charge in [0.05, 0.1) is 0 Å². The Morgan fingerprint density at radius 3 is 1.59 bits per heavy atom. The largest absolute Gasteiger partial charge is 0.0851 e. The van der Waals surface area contributed by atoms with Crippen LogP contribution in [-0.4, -0.2) is 0 Å². The van der Waals surface area contributed by atoms with Gasteiger partial charge in [0.25, 0.3) is 0 Å². The van der Waals surface area contributed by atoms with Gasteiger partial charge in [-0.3, -0.25) is 0 Å². The van der Waals surface area contributed by atoms with Crippen molar-refractivity contribution in [2.24, 2.45) is 23.2 Å². The van der Waals surface area contributed by atoms with Crippen molar-refractivity contribution in [1.82, 2.24) is 0 Å². The van der Waals surface area contributed by atoms with Gasteiger partial charge in [-0.2, -0.15) is 0 Å². The van der Waals surface area contributed by atoms with Gasteiger partial charge in [-0.05, 0) is 49.4 Å². The van der Waals surface area contributed by atoms with Crippen LogP contribution in [0.1, 0.15) is 139 Å². The monoisotopic (exact) mass is 378 g/mol. The Morgan fingerprint density at radius 1 is 0.704 bits per heavy atom. The van der Waals surface area contributed by atoms with Gasteiger partial charge in [0.2, 0.25) is 0 Å². The van der Waals surface area contributed by atoms with Crippen molar-refractivity contribution in [1.29, 1.82) is 0 Å². The molecule has 0 aliphatic heterocycles. The lowest BCUT2D eigenvalue weighted by Gasteiger charge is -2.29. The highest BCUT2D eigenvalue weighted by Crippen LogP contribution is 2.35. The molecule has 0 spiro atoms. The van der Waals surface area contributed by atoms with Gasteiger partial charge in [-0.25, -0.2) is 0 Å². The molecule has 0 radical (unpaired) electrons. The summed E-state index contributed by atoms with van der Waals surface area (Å²) in [5.74, 6) is 2.70. The summed E-state index contributed by atoms with van der Waals surface area (Å²) in [6, 6.07) is 0. The Kier molecular flexibility index (Phi) is 15.5. The molecule has 0 aliphatic rings. The second-order valence-electron chi connectivity index (χ2n) is 10.2. The lowest BCUT2D eigenvalue weighted by Crippen LogP contribution is -2.16. The van der Waals surface area contributed by atoms with Crippen LogP contribution >= 0.6 is 0 Å². The first-order valence-electron chi connectivity index (χ1n) is 12.4. The van der Waals surface area contributed by atoms with E-state index in [2.05, 4.69) is 61.5 Å². The summed E-state index contributed by atoms with van der Waals surface area (Å²) in [7, 11) is 0. The Balaban J connectivity index is 3.89. The average Bonchev–Trinajstić information content (AvgIpc) is 2.63. The van der Waals surface area contributed by atoms with Crippen molar-refractivity contribution in [3.05, 3.63) is 11.6 Å². The highest BCUT2D eigenvalue weighted by molar-refractivity contribution is 5.00. The summed E-state index contributed by atoms with van der Waals surface area (Å²) >= 11 is 0. The van der Waals surface area contributed by atoms with Crippen molar-refractivity contribution in [3.63, 3.8) is 0 Å². The smallest absolute Gasteiger partial charge is 0.0271 e. The van der Waals surface area contributed by atoms with Crippen molar-refractivity contribution in [3.8, 4) is 0 Å². The van der Waals surface area contributed by atoms with Crippen LogP contribution in [0.4, 0.5) is 0 Å². The van der Waals surface area contributed by atoms with E-state index in [1.54, 1.807) is 5.57 Å². The summed E-state index contributed by atoms with van der Waals surface area (Å²) in [5, 5.41) is 0. The Morgan fingerprint density at radius 2 is 1.15 bits per heavy atom. The summed E-state index contributed by atoms with van der Waals surface area (Å²) in [6.45, 7) is 19.1. The lowest BCUT2D eigenvalue weighted by atomic mass is 9.76. The molecule has 2 atom stereocenters. The van der Waals surface area contributed by atoms with E-state index in [0.717, 1.165) is 17.8 Å². The van der Waals surface area contributed by atoms with Crippen LogP contribution in [-0.2, 0) is 0 Å². The summed E-state index contributed by atoms with van der Waals surface area (Å²) in [5.41, 5.74) is 2.18. The van der Waals surface area contributed by atoms with Crippen LogP contribution < -0.4 is 0 Å². The molecule has 0 amide bonds. The molecule has 0 aromatic carbocycles. The van der Waals surface area contributed by atoms with Gasteiger partial charge in [0, 0.05) is 0 Å². The van der Waals surface area contributed by atoms with E-state index in [1.165, 1.54) is 83.5 Å². The van der Waals surface area contributed by atoms with E-state index in [1.807, 2.05) is 0 Å². The minimum atomic E-state index is 0.556. The zero-order valence-corrected chi connectivity index (χ0v) is 20.5. The normalized spacial score (nSPS) is 15.4. The lowest BCUT2D eigenvalue weighted by molar-refractivity contribution is 0.253. The Bertz CT molecular complexity index is 350. The zero-order valence-electron chi connectivity index (χ0n) is 20.5. The van der Waals surface area contributed by atoms with Crippen molar-refractivity contribution in [2.75, 3.05) is 0 Å². The van der Waals surface area contributed by atoms with E-state index < -0.39 is 0 Å². The molecule has 162 valence electrons. The van der Waals surface area contributed by atoms with Gasteiger partial charge in [-0.15, -0.1) is 0 Å². The topological polar surface area (TPSA) is 0 Å². The van der Waals surface area contributed by atoms with Crippen LogP contribution in [0.5, 0.6) is 0 Å². The number of allylic oxidation sites excluding steroid dienone is 2. The third-order valence-electron chi connectivity index (χ3n) is 7.27. The minimum Gasteiger partial charge on any atom is -0.0851 e. The molecule has 0 bridgehead atoms. The molecule has 0 aromatic heterocycles. The van der Waals surface area contributed by atoms with E-state index in [4.69, 9.17) is 0 Å². The standard InChI is InChI=1S/C27H54/c1-9-27(10-2,11-3)22-21-26(8)20-14-19-25(7)18-13-17-24(6)16-12-15-23(4)5/h21,23-25H,9-20,22H2,1-8H3/b26-21+. The summed E-state index contributed by atoms with van der Waals surface area (Å²) in [6.07, 6.45) is 20.5. The van der Waals surface area contributed by atoms with Crippen molar-refractivity contribution in [2.45, 2.75) is 139 Å². The van der Waals surface area contributed by atoms with E-state index >= 15 is 0 Å². The molecule has 0 heteroatoms. The van der Waals surface area contributed by atoms with Crippen LogP contribution in [0, 0.1) is 23.2 Å². The Hall–Kier alpha value is -0.260. The first-order chi connectivity index (χ1) is 12.8. The Labute approximate surface area is 174 Å². The predicted octanol–water partition coefficient (Wildman–Crippen LogP) is 9.98. The fraction of sp³-hybridized carbons (Fsp3) is 0.926. The van der Waals surface area contributed by atoms with Crippen molar-refractivity contribution >= 4 is 0 Å². The van der Waals surface area contributed by atoms with Gasteiger partial charge in [0.1, 0.15) is 0 Å². The maximum absolute atomic E-state index is 2.56. The van der Waals surface area contributed by atoms with Gasteiger partial charge < -0.3 is 0 Å². The number of hydrogen-bond acceptors (Lipinski definition) is 0. The molecule has 0 saturated heterocycles. The highest BCUT2D eigenvalue weighted by atomic mass is 14.3. The van der Waals surface area contributed by atoms with E-state index in [9.17, 15) is 0 Å². The second-order valence-corrected chi connectivity index (χ2v) is 10.2. The molecule has 0 saturated carbocycles. The predicted molar refractivity (Wildman–Crippen MR) is 126 cm³/mol. The molecule has 0 N–H and O–H groups in total. The molecule has 2 unspecified atom stereocenters. The molecule has 0 nitrogen and oxygen atoms in total. The van der Waals surface area contributed by atoms with Crippen LogP contribution in [0.25, 0.3) is 0 Å². The maximum atomic E-state index is 2.56. The van der Waals surface area contributed by atoms with Gasteiger partial charge in [0.15, 0.2) is 0 Å². The van der Waals surface area contributed by atoms with E-state index in [-0.39, 0.29) is 0 Å². The molecule has 0 heterocycles.